The zero-order chi connectivity index (χ0) is 14.3. The topological polar surface area (TPSA) is 71.1 Å². The number of nitrogens with one attached hydrogen (secondary N) is 2. The van der Waals surface area contributed by atoms with E-state index in [1.807, 2.05) is 19.9 Å². The third kappa shape index (κ3) is 1.98. The molecule has 0 spiro atoms. The number of thiazole rings is 1. The van der Waals surface area contributed by atoms with Crippen LogP contribution in [-0.4, -0.2) is 16.8 Å². The summed E-state index contributed by atoms with van der Waals surface area (Å²) >= 11 is 1.36. The van der Waals surface area contributed by atoms with E-state index in [1.165, 1.54) is 11.3 Å². The number of benzene rings is 1. The standard InChI is InChI=1S/C14H13N3O2S/c1-14(2)9-4-3-8(7-10(9)16-12(14)19)11(18)17-13-15-5-6-20-13/h3-7H,1-2H3,(H,16,19)(H,15,17,18). The summed E-state index contributed by atoms with van der Waals surface area (Å²) in [5.41, 5.74) is 1.55. The molecule has 0 saturated carbocycles. The van der Waals surface area contributed by atoms with Crippen LogP contribution in [0.1, 0.15) is 29.8 Å². The Kier molecular flexibility index (Phi) is 2.83. The lowest BCUT2D eigenvalue weighted by molar-refractivity contribution is -0.119. The Morgan fingerprint density at radius 2 is 2.20 bits per heavy atom. The maximum Gasteiger partial charge on any atom is 0.257 e. The lowest BCUT2D eigenvalue weighted by Crippen LogP contribution is -2.26. The number of hydrogen-bond donors (Lipinski definition) is 2. The van der Waals surface area contributed by atoms with Crippen molar-refractivity contribution in [3.8, 4) is 0 Å². The van der Waals surface area contributed by atoms with Crippen LogP contribution in [0.4, 0.5) is 10.8 Å². The fraction of sp³-hybridized carbons (Fsp3) is 0.214. The van der Waals surface area contributed by atoms with Gasteiger partial charge in [0.05, 0.1) is 5.41 Å². The Hall–Kier alpha value is -2.21. The Bertz CT molecular complexity index is 692. The molecular weight excluding hydrogens is 274 g/mol. The summed E-state index contributed by atoms with van der Waals surface area (Å²) < 4.78 is 0. The number of amides is 2. The fourth-order valence-corrected chi connectivity index (χ4v) is 2.71. The van der Waals surface area contributed by atoms with E-state index in [-0.39, 0.29) is 11.8 Å². The molecule has 0 bridgehead atoms. The van der Waals surface area contributed by atoms with Crippen LogP contribution < -0.4 is 10.6 Å². The van der Waals surface area contributed by atoms with Crippen LogP contribution >= 0.6 is 11.3 Å². The SMILES string of the molecule is CC1(C)C(=O)Nc2cc(C(=O)Nc3nccs3)ccc21. The maximum absolute atomic E-state index is 12.1. The number of aromatic nitrogens is 1. The number of nitrogens with zero attached hydrogens (tertiary/aromatic N) is 1. The molecule has 0 fully saturated rings. The van der Waals surface area contributed by atoms with Crippen LogP contribution in [0.15, 0.2) is 29.8 Å². The van der Waals surface area contributed by atoms with Gasteiger partial charge in [-0.25, -0.2) is 4.98 Å². The molecule has 2 amide bonds. The highest BCUT2D eigenvalue weighted by molar-refractivity contribution is 7.13. The lowest BCUT2D eigenvalue weighted by Gasteiger charge is -2.14. The minimum absolute atomic E-state index is 0.0509. The minimum atomic E-state index is -0.556. The van der Waals surface area contributed by atoms with Crippen LogP contribution in [0.5, 0.6) is 0 Å². The third-order valence-electron chi connectivity index (χ3n) is 3.42. The first-order valence-electron chi connectivity index (χ1n) is 6.15. The summed E-state index contributed by atoms with van der Waals surface area (Å²) in [6.45, 7) is 3.73. The average Bonchev–Trinajstić information content (AvgIpc) is 2.97. The summed E-state index contributed by atoms with van der Waals surface area (Å²) in [4.78, 5) is 28.0. The largest absolute Gasteiger partial charge is 0.325 e. The summed E-state index contributed by atoms with van der Waals surface area (Å²) in [6, 6.07) is 5.25. The highest BCUT2D eigenvalue weighted by atomic mass is 32.1. The molecule has 1 aromatic heterocycles. The van der Waals surface area contributed by atoms with Crippen molar-refractivity contribution in [2.75, 3.05) is 10.6 Å². The van der Waals surface area contributed by atoms with E-state index in [9.17, 15) is 9.59 Å². The monoisotopic (exact) mass is 287 g/mol. The summed E-state index contributed by atoms with van der Waals surface area (Å²) in [6.07, 6.45) is 1.63. The van der Waals surface area contributed by atoms with Crippen LogP contribution in [0.25, 0.3) is 0 Å². The van der Waals surface area contributed by atoms with E-state index in [1.54, 1.807) is 23.7 Å². The summed E-state index contributed by atoms with van der Waals surface area (Å²) in [7, 11) is 0. The van der Waals surface area contributed by atoms with E-state index in [2.05, 4.69) is 15.6 Å². The molecule has 1 aromatic carbocycles. The number of anilines is 2. The molecule has 5 nitrogen and oxygen atoms in total. The molecule has 2 N–H and O–H groups in total. The molecule has 0 radical (unpaired) electrons. The highest BCUT2D eigenvalue weighted by Gasteiger charge is 2.38. The lowest BCUT2D eigenvalue weighted by atomic mass is 9.86. The number of fused-ring (bicyclic) bond motifs is 1. The van der Waals surface area contributed by atoms with Crippen molar-refractivity contribution < 1.29 is 9.59 Å². The average molecular weight is 287 g/mol. The smallest absolute Gasteiger partial charge is 0.257 e. The molecule has 0 saturated heterocycles. The second-order valence-electron chi connectivity index (χ2n) is 5.13. The van der Waals surface area contributed by atoms with Gasteiger partial charge in [-0.1, -0.05) is 6.07 Å². The van der Waals surface area contributed by atoms with Gasteiger partial charge >= 0.3 is 0 Å². The van der Waals surface area contributed by atoms with Crippen LogP contribution in [0, 0.1) is 0 Å². The molecular formula is C14H13N3O2S. The number of hydrogen-bond acceptors (Lipinski definition) is 4. The van der Waals surface area contributed by atoms with Crippen LogP contribution in [0.2, 0.25) is 0 Å². The van der Waals surface area contributed by atoms with Gasteiger partial charge in [0, 0.05) is 22.8 Å². The molecule has 0 aliphatic carbocycles. The van der Waals surface area contributed by atoms with Crippen molar-refractivity contribution in [2.45, 2.75) is 19.3 Å². The first kappa shape index (κ1) is 12.8. The van der Waals surface area contributed by atoms with E-state index in [0.29, 0.717) is 16.4 Å². The Labute approximate surface area is 120 Å². The predicted molar refractivity (Wildman–Crippen MR) is 78.2 cm³/mol. The predicted octanol–water partition coefficient (Wildman–Crippen LogP) is 2.63. The van der Waals surface area contributed by atoms with E-state index >= 15 is 0 Å². The molecule has 1 aliphatic heterocycles. The molecule has 6 heteroatoms. The van der Waals surface area contributed by atoms with Gasteiger partial charge in [-0.2, -0.15) is 0 Å². The maximum atomic E-state index is 12.1. The molecule has 1 aliphatic rings. The number of rotatable bonds is 2. The van der Waals surface area contributed by atoms with Gasteiger partial charge in [-0.3, -0.25) is 14.9 Å². The molecule has 2 heterocycles. The zero-order valence-electron chi connectivity index (χ0n) is 11.1. The van der Waals surface area contributed by atoms with Crippen LogP contribution in [-0.2, 0) is 10.2 Å². The molecule has 20 heavy (non-hydrogen) atoms. The molecule has 102 valence electrons. The second-order valence-corrected chi connectivity index (χ2v) is 6.03. The zero-order valence-corrected chi connectivity index (χ0v) is 11.9. The van der Waals surface area contributed by atoms with E-state index < -0.39 is 5.41 Å². The molecule has 0 atom stereocenters. The normalized spacial score (nSPS) is 15.6. The molecule has 2 aromatic rings. The highest BCUT2D eigenvalue weighted by Crippen LogP contribution is 2.37. The van der Waals surface area contributed by atoms with E-state index in [4.69, 9.17) is 0 Å². The van der Waals surface area contributed by atoms with Gasteiger partial charge in [0.15, 0.2) is 5.13 Å². The quantitative estimate of drug-likeness (QED) is 0.892. The van der Waals surface area contributed by atoms with Gasteiger partial charge < -0.3 is 5.32 Å². The minimum Gasteiger partial charge on any atom is -0.325 e. The number of carbonyl (C=O) groups excluding carboxylic acids is 2. The Morgan fingerprint density at radius 3 is 2.90 bits per heavy atom. The van der Waals surface area contributed by atoms with Gasteiger partial charge in [0.2, 0.25) is 5.91 Å². The van der Waals surface area contributed by atoms with Crippen molar-refractivity contribution >= 4 is 34.0 Å². The van der Waals surface area contributed by atoms with Gasteiger partial charge in [0.25, 0.3) is 5.91 Å². The fourth-order valence-electron chi connectivity index (χ4n) is 2.19. The number of carbonyl (C=O) groups is 2. The first-order chi connectivity index (χ1) is 9.48. The van der Waals surface area contributed by atoms with Crippen molar-refractivity contribution in [3.05, 3.63) is 40.9 Å². The van der Waals surface area contributed by atoms with Gasteiger partial charge in [-0.15, -0.1) is 11.3 Å². The van der Waals surface area contributed by atoms with Gasteiger partial charge in [-0.05, 0) is 31.5 Å². The molecule has 3 rings (SSSR count). The first-order valence-corrected chi connectivity index (χ1v) is 7.03. The Morgan fingerprint density at radius 1 is 1.40 bits per heavy atom. The van der Waals surface area contributed by atoms with Crippen molar-refractivity contribution in [2.24, 2.45) is 0 Å². The van der Waals surface area contributed by atoms with Crippen molar-refractivity contribution in [1.29, 1.82) is 0 Å². The summed E-state index contributed by atoms with van der Waals surface area (Å²) in [5.74, 6) is -0.285. The second kappa shape index (κ2) is 4.42. The van der Waals surface area contributed by atoms with Gasteiger partial charge in [0.1, 0.15) is 0 Å². The Balaban J connectivity index is 1.89. The third-order valence-corrected chi connectivity index (χ3v) is 4.11. The van der Waals surface area contributed by atoms with Crippen LogP contribution in [0.3, 0.4) is 0 Å². The van der Waals surface area contributed by atoms with Crippen molar-refractivity contribution in [3.63, 3.8) is 0 Å². The molecule has 0 unspecified atom stereocenters. The summed E-state index contributed by atoms with van der Waals surface area (Å²) in [5, 5.41) is 7.88. The van der Waals surface area contributed by atoms with Crippen molar-refractivity contribution in [1.82, 2.24) is 4.98 Å². The van der Waals surface area contributed by atoms with E-state index in [0.717, 1.165) is 5.56 Å².